The van der Waals surface area contributed by atoms with Crippen molar-refractivity contribution in [3.05, 3.63) is 55.7 Å². The van der Waals surface area contributed by atoms with Crippen LogP contribution in [0, 0.1) is 21.3 Å². The van der Waals surface area contributed by atoms with Gasteiger partial charge in [-0.3, -0.25) is 24.1 Å². The van der Waals surface area contributed by atoms with Crippen LogP contribution in [0.4, 0.5) is 0 Å². The Hall–Kier alpha value is -2.75. The molecule has 0 bridgehead atoms. The predicted molar refractivity (Wildman–Crippen MR) is 140 cm³/mol. The lowest BCUT2D eigenvalue weighted by molar-refractivity contribution is -0.145. The molecule has 1 aliphatic heterocycles. The number of carbonyl (C=O) groups is 4. The number of hydrogen-bond acceptors (Lipinski definition) is 6. The van der Waals surface area contributed by atoms with Crippen LogP contribution < -0.4 is 4.74 Å². The third-order valence-electron chi connectivity index (χ3n) is 7.84. The number of allylic oxidation sites excluding steroid dienone is 6. The number of phenolic OH excluding ortho intramolecular Hbond substituents is 1. The number of benzene rings is 1. The van der Waals surface area contributed by atoms with Crippen molar-refractivity contribution in [2.24, 2.45) is 17.8 Å². The molecular weight excluding hydrogens is 573 g/mol. The molecule has 4 atom stereocenters. The van der Waals surface area contributed by atoms with Crippen LogP contribution in [-0.4, -0.2) is 46.0 Å². The summed E-state index contributed by atoms with van der Waals surface area (Å²) in [7, 11) is 1.46. The lowest BCUT2D eigenvalue weighted by atomic mass is 9.59. The molecule has 1 N–H and O–H groups in total. The van der Waals surface area contributed by atoms with Crippen molar-refractivity contribution in [3.63, 3.8) is 0 Å². The Balaban J connectivity index is 1.71. The molecule has 3 aliphatic carbocycles. The Morgan fingerprint density at radius 1 is 1.08 bits per heavy atom. The van der Waals surface area contributed by atoms with E-state index in [9.17, 15) is 24.3 Å². The van der Waals surface area contributed by atoms with E-state index in [4.69, 9.17) is 4.74 Å². The van der Waals surface area contributed by atoms with E-state index in [2.05, 4.69) is 0 Å². The number of methoxy groups -OCH3 is 1. The van der Waals surface area contributed by atoms with E-state index in [0.717, 1.165) is 5.57 Å². The minimum Gasteiger partial charge on any atom is -0.504 e. The summed E-state index contributed by atoms with van der Waals surface area (Å²) in [5, 5.41) is 10.4. The van der Waals surface area contributed by atoms with Gasteiger partial charge in [0.05, 0.1) is 22.5 Å². The fourth-order valence-electron chi connectivity index (χ4n) is 6.34. The number of nitrogens with zero attached hydrogens (tertiary/aromatic N) is 1. The van der Waals surface area contributed by atoms with Crippen molar-refractivity contribution >= 4 is 46.0 Å². The highest BCUT2D eigenvalue weighted by Crippen LogP contribution is 2.56. The van der Waals surface area contributed by atoms with Crippen LogP contribution in [0.3, 0.4) is 0 Å². The van der Waals surface area contributed by atoms with Crippen molar-refractivity contribution in [3.8, 4) is 11.5 Å². The number of rotatable bonds is 2. The summed E-state index contributed by atoms with van der Waals surface area (Å²) < 4.78 is 5.94. The number of ketones is 2. The second-order valence-electron chi connectivity index (χ2n) is 11.0. The van der Waals surface area contributed by atoms with Crippen LogP contribution in [0.15, 0.2) is 46.6 Å². The molecule has 1 heterocycles. The first-order valence-electron chi connectivity index (χ1n) is 12.0. The standard InChI is InChI=1S/C28H28INO6/c1-12-8-19(31)23-17(24(12)32)11-16-14(21(23)13-9-18(29)25(33)20(10-13)36-5)6-7-15-22(16)27(35)30(26(15)34)28(2,3)4/h6,8-10,15-16,21-22,33H,7,11H2,1-5H3. The average Bonchev–Trinajstić information content (AvgIpc) is 3.08. The Kier molecular flexibility index (Phi) is 5.81. The fourth-order valence-corrected chi connectivity index (χ4v) is 6.96. The maximum Gasteiger partial charge on any atom is 0.234 e. The molecule has 1 fully saturated rings. The zero-order valence-corrected chi connectivity index (χ0v) is 23.0. The minimum atomic E-state index is -0.652. The normalized spacial score (nSPS) is 28.0. The molecule has 1 aromatic rings. The molecule has 0 aromatic heterocycles. The molecule has 36 heavy (non-hydrogen) atoms. The van der Waals surface area contributed by atoms with Gasteiger partial charge in [0.2, 0.25) is 11.8 Å². The summed E-state index contributed by atoms with van der Waals surface area (Å²) in [5.74, 6) is -2.55. The monoisotopic (exact) mass is 601 g/mol. The number of phenols is 1. The number of likely N-dealkylation sites (tertiary alicyclic amines) is 1. The lowest BCUT2D eigenvalue weighted by Crippen LogP contribution is -2.46. The second-order valence-corrected chi connectivity index (χ2v) is 12.1. The predicted octanol–water partition coefficient (Wildman–Crippen LogP) is 4.23. The molecule has 0 radical (unpaired) electrons. The molecule has 1 aromatic carbocycles. The van der Waals surface area contributed by atoms with Crippen LogP contribution in [0.1, 0.15) is 52.0 Å². The van der Waals surface area contributed by atoms with E-state index >= 15 is 0 Å². The Bertz CT molecular complexity index is 1340. The molecule has 7 nitrogen and oxygen atoms in total. The van der Waals surface area contributed by atoms with Gasteiger partial charge < -0.3 is 9.84 Å². The number of imide groups is 1. The number of aromatic hydroxyl groups is 1. The van der Waals surface area contributed by atoms with E-state index in [1.807, 2.05) is 49.4 Å². The molecule has 188 valence electrons. The SMILES string of the molecule is COc1cc(C2C3=CCC4C(=O)N(C(C)(C)C)C(=O)C4C3CC3=C2C(=O)C=C(C)C3=O)cc(I)c1O. The molecule has 4 unspecified atom stereocenters. The van der Waals surface area contributed by atoms with Gasteiger partial charge in [-0.1, -0.05) is 11.6 Å². The first-order chi connectivity index (χ1) is 16.9. The maximum absolute atomic E-state index is 13.7. The highest BCUT2D eigenvalue weighted by Gasteiger charge is 2.58. The number of hydrogen-bond donors (Lipinski definition) is 1. The van der Waals surface area contributed by atoms with Crippen LogP contribution >= 0.6 is 22.6 Å². The summed E-state index contributed by atoms with van der Waals surface area (Å²) in [4.78, 5) is 55.1. The van der Waals surface area contributed by atoms with Crippen molar-refractivity contribution in [2.45, 2.75) is 52.0 Å². The number of halogens is 1. The summed E-state index contributed by atoms with van der Waals surface area (Å²) >= 11 is 2.01. The molecule has 2 amide bonds. The average molecular weight is 601 g/mol. The van der Waals surface area contributed by atoms with Gasteiger partial charge in [-0.2, -0.15) is 0 Å². The van der Waals surface area contributed by atoms with Crippen molar-refractivity contribution in [1.82, 2.24) is 4.90 Å². The maximum atomic E-state index is 13.7. The third kappa shape index (κ3) is 3.51. The summed E-state index contributed by atoms with van der Waals surface area (Å²) in [6.45, 7) is 7.18. The highest BCUT2D eigenvalue weighted by molar-refractivity contribution is 14.1. The molecule has 5 rings (SSSR count). The van der Waals surface area contributed by atoms with Crippen molar-refractivity contribution < 1.29 is 29.0 Å². The van der Waals surface area contributed by atoms with Gasteiger partial charge in [-0.05, 0) is 92.8 Å². The van der Waals surface area contributed by atoms with E-state index in [1.54, 1.807) is 19.1 Å². The van der Waals surface area contributed by atoms with E-state index in [-0.39, 0.29) is 47.2 Å². The van der Waals surface area contributed by atoms with Crippen LogP contribution in [0.25, 0.3) is 0 Å². The van der Waals surface area contributed by atoms with Gasteiger partial charge in [-0.15, -0.1) is 0 Å². The molecule has 0 saturated carbocycles. The van der Waals surface area contributed by atoms with Crippen LogP contribution in [0.2, 0.25) is 0 Å². The highest BCUT2D eigenvalue weighted by atomic mass is 127. The Morgan fingerprint density at radius 3 is 2.42 bits per heavy atom. The number of Topliss-reactive ketones (excluding diaryl/α,β-unsaturated/α-hetero) is 1. The molecule has 1 saturated heterocycles. The minimum absolute atomic E-state index is 0.000254. The molecular formula is C28H28INO6. The number of ether oxygens (including phenoxy) is 1. The first kappa shape index (κ1) is 24.9. The van der Waals surface area contributed by atoms with E-state index in [0.29, 0.717) is 32.3 Å². The smallest absolute Gasteiger partial charge is 0.234 e. The molecule has 8 heteroatoms. The van der Waals surface area contributed by atoms with Crippen molar-refractivity contribution in [2.75, 3.05) is 7.11 Å². The Morgan fingerprint density at radius 2 is 1.78 bits per heavy atom. The zero-order valence-electron chi connectivity index (χ0n) is 20.8. The van der Waals surface area contributed by atoms with Gasteiger partial charge in [-0.25, -0.2) is 0 Å². The van der Waals surface area contributed by atoms with E-state index < -0.39 is 23.3 Å². The summed E-state index contributed by atoms with van der Waals surface area (Å²) in [5.41, 5.74) is 2.14. The van der Waals surface area contributed by atoms with Crippen molar-refractivity contribution in [1.29, 1.82) is 0 Å². The van der Waals surface area contributed by atoms with Gasteiger partial charge in [0, 0.05) is 28.2 Å². The topological polar surface area (TPSA) is 101 Å². The van der Waals surface area contributed by atoms with Crippen LogP contribution in [0.5, 0.6) is 11.5 Å². The second kappa shape index (κ2) is 8.39. The summed E-state index contributed by atoms with van der Waals surface area (Å²) in [6.07, 6.45) is 4.02. The van der Waals surface area contributed by atoms with Gasteiger partial charge in [0.15, 0.2) is 23.1 Å². The van der Waals surface area contributed by atoms with Crippen LogP contribution in [-0.2, 0) is 19.2 Å². The first-order valence-corrected chi connectivity index (χ1v) is 13.1. The summed E-state index contributed by atoms with van der Waals surface area (Å²) in [6, 6.07) is 3.48. The molecule has 0 spiro atoms. The quantitative estimate of drug-likeness (QED) is 0.236. The van der Waals surface area contributed by atoms with Gasteiger partial charge >= 0.3 is 0 Å². The third-order valence-corrected chi connectivity index (χ3v) is 8.66. The fraction of sp³-hybridized carbons (Fsp3) is 0.429. The van der Waals surface area contributed by atoms with E-state index in [1.165, 1.54) is 18.1 Å². The van der Waals surface area contributed by atoms with Gasteiger partial charge in [0.25, 0.3) is 0 Å². The number of carbonyl (C=O) groups excluding carboxylic acids is 4. The van der Waals surface area contributed by atoms with Gasteiger partial charge in [0.1, 0.15) is 0 Å². The number of amides is 2. The lowest BCUT2D eigenvalue weighted by Gasteiger charge is -2.42. The largest absolute Gasteiger partial charge is 0.504 e. The zero-order chi connectivity index (χ0) is 26.3. The molecule has 4 aliphatic rings. The number of fused-ring (bicyclic) bond motifs is 3. The Labute approximate surface area is 223 Å².